The van der Waals surface area contributed by atoms with E-state index in [-0.39, 0.29) is 31.4 Å². The van der Waals surface area contributed by atoms with Gasteiger partial charge in [-0.15, -0.1) is 0 Å². The summed E-state index contributed by atoms with van der Waals surface area (Å²) in [4.78, 5) is 25.5. The van der Waals surface area contributed by atoms with Gasteiger partial charge in [0.05, 0.1) is 37.1 Å². The monoisotopic (exact) mass is 596 g/mol. The highest BCUT2D eigenvalue weighted by Gasteiger charge is 2.22. The number of ether oxygens (including phenoxy) is 2. The van der Waals surface area contributed by atoms with E-state index in [1.807, 2.05) is 22.9 Å². The Morgan fingerprint density at radius 1 is 0.976 bits per heavy atom. The van der Waals surface area contributed by atoms with Gasteiger partial charge in [0.15, 0.2) is 0 Å². The summed E-state index contributed by atoms with van der Waals surface area (Å²) in [6.45, 7) is 0.0850. The van der Waals surface area contributed by atoms with Gasteiger partial charge in [0.1, 0.15) is 18.1 Å². The van der Waals surface area contributed by atoms with Gasteiger partial charge in [-0.25, -0.2) is 17.9 Å². The van der Waals surface area contributed by atoms with Crippen LogP contribution in [0.4, 0.5) is 4.79 Å². The van der Waals surface area contributed by atoms with E-state index < -0.39 is 28.1 Å². The molecular weight excluding hydrogens is 560 g/mol. The van der Waals surface area contributed by atoms with E-state index in [9.17, 15) is 28.2 Å². The molecule has 0 radical (unpaired) electrons. The van der Waals surface area contributed by atoms with Gasteiger partial charge in [-0.3, -0.25) is 4.79 Å². The summed E-state index contributed by atoms with van der Waals surface area (Å²) in [7, 11) is -3.74. The van der Waals surface area contributed by atoms with E-state index in [2.05, 4.69) is 0 Å². The second-order valence-electron chi connectivity index (χ2n) is 10.3. The normalized spacial score (nSPS) is 14.5. The van der Waals surface area contributed by atoms with Crippen molar-refractivity contribution in [2.75, 3.05) is 26.0 Å². The van der Waals surface area contributed by atoms with Crippen LogP contribution in [0.1, 0.15) is 54.1 Å². The number of rotatable bonds is 12. The van der Waals surface area contributed by atoms with Crippen molar-refractivity contribution in [2.24, 2.45) is 0 Å². The van der Waals surface area contributed by atoms with Crippen molar-refractivity contribution in [3.8, 4) is 22.6 Å². The molecule has 1 aliphatic carbocycles. The fourth-order valence-corrected chi connectivity index (χ4v) is 5.29. The summed E-state index contributed by atoms with van der Waals surface area (Å²) >= 11 is 0. The SMILES string of the molecule is CS(=O)(=O)NC(=O)c1ccc(-c2ccc(OCCN(C[C@H](O)c3ccccc3)C(=O)O)cc2)cc1OC1CCCCC1. The summed E-state index contributed by atoms with van der Waals surface area (Å²) in [5, 5.41) is 20.0. The molecule has 0 saturated heterocycles. The second-order valence-corrected chi connectivity index (χ2v) is 12.1. The maximum absolute atomic E-state index is 12.7. The van der Waals surface area contributed by atoms with E-state index in [0.29, 0.717) is 17.1 Å². The van der Waals surface area contributed by atoms with Crippen LogP contribution < -0.4 is 14.2 Å². The first-order chi connectivity index (χ1) is 20.1. The largest absolute Gasteiger partial charge is 0.492 e. The molecule has 1 saturated carbocycles. The zero-order chi connectivity index (χ0) is 30.1. The number of nitrogens with one attached hydrogen (secondary N) is 1. The molecule has 3 aromatic rings. The Morgan fingerprint density at radius 2 is 1.64 bits per heavy atom. The number of carboxylic acid groups (broad SMARTS) is 1. The molecule has 0 unspecified atom stereocenters. The van der Waals surface area contributed by atoms with Crippen LogP contribution in [0.25, 0.3) is 11.1 Å². The number of amides is 2. The predicted molar refractivity (Wildman–Crippen MR) is 158 cm³/mol. The van der Waals surface area contributed by atoms with Gasteiger partial charge >= 0.3 is 6.09 Å². The molecule has 1 atom stereocenters. The van der Waals surface area contributed by atoms with Gasteiger partial charge in [0.25, 0.3) is 5.91 Å². The molecule has 0 spiro atoms. The minimum Gasteiger partial charge on any atom is -0.492 e. The lowest BCUT2D eigenvalue weighted by Gasteiger charge is -2.24. The molecule has 224 valence electrons. The lowest BCUT2D eigenvalue weighted by atomic mass is 9.97. The Hall–Kier alpha value is -4.09. The average Bonchev–Trinajstić information content (AvgIpc) is 2.97. The Balaban J connectivity index is 1.42. The van der Waals surface area contributed by atoms with Gasteiger partial charge in [-0.05, 0) is 66.6 Å². The first-order valence-corrected chi connectivity index (χ1v) is 15.7. The first kappa shape index (κ1) is 30.9. The number of aliphatic hydroxyl groups is 1. The molecule has 42 heavy (non-hydrogen) atoms. The van der Waals surface area contributed by atoms with Crippen molar-refractivity contribution >= 4 is 22.0 Å². The number of aliphatic hydroxyl groups excluding tert-OH is 1. The van der Waals surface area contributed by atoms with Crippen molar-refractivity contribution < 1.29 is 37.7 Å². The smallest absolute Gasteiger partial charge is 0.407 e. The summed E-state index contributed by atoms with van der Waals surface area (Å²) in [6.07, 6.45) is 3.73. The Morgan fingerprint density at radius 3 is 2.29 bits per heavy atom. The van der Waals surface area contributed by atoms with Crippen molar-refractivity contribution in [1.82, 2.24) is 9.62 Å². The fourth-order valence-electron chi connectivity index (χ4n) is 4.84. The van der Waals surface area contributed by atoms with E-state index >= 15 is 0 Å². The minimum atomic E-state index is -3.74. The van der Waals surface area contributed by atoms with Crippen molar-refractivity contribution in [2.45, 2.75) is 44.3 Å². The van der Waals surface area contributed by atoms with Crippen LogP contribution in [0.15, 0.2) is 72.8 Å². The maximum atomic E-state index is 12.7. The van der Waals surface area contributed by atoms with Crippen molar-refractivity contribution in [3.63, 3.8) is 0 Å². The first-order valence-electron chi connectivity index (χ1n) is 13.9. The summed E-state index contributed by atoms with van der Waals surface area (Å²) in [5.74, 6) is 0.119. The van der Waals surface area contributed by atoms with E-state index in [0.717, 1.165) is 54.4 Å². The Labute approximate surface area is 245 Å². The number of hydrogen-bond acceptors (Lipinski definition) is 7. The van der Waals surface area contributed by atoms with Crippen LogP contribution >= 0.6 is 0 Å². The van der Waals surface area contributed by atoms with Gasteiger partial charge in [0.2, 0.25) is 10.0 Å². The zero-order valence-electron chi connectivity index (χ0n) is 23.4. The fraction of sp³-hybridized carbons (Fsp3) is 0.355. The predicted octanol–water partition coefficient (Wildman–Crippen LogP) is 4.85. The highest BCUT2D eigenvalue weighted by Crippen LogP contribution is 2.32. The molecule has 0 heterocycles. The zero-order valence-corrected chi connectivity index (χ0v) is 24.3. The number of nitrogens with zero attached hydrogens (tertiary/aromatic N) is 1. The van der Waals surface area contributed by atoms with Crippen LogP contribution in [0.2, 0.25) is 0 Å². The van der Waals surface area contributed by atoms with E-state index in [1.165, 1.54) is 0 Å². The van der Waals surface area contributed by atoms with Crippen molar-refractivity contribution in [1.29, 1.82) is 0 Å². The maximum Gasteiger partial charge on any atom is 0.407 e. The summed E-state index contributed by atoms with van der Waals surface area (Å²) in [5.41, 5.74) is 2.38. The summed E-state index contributed by atoms with van der Waals surface area (Å²) in [6, 6.07) is 21.1. The molecule has 11 heteroatoms. The lowest BCUT2D eigenvalue weighted by Crippen LogP contribution is -2.36. The number of carbonyl (C=O) groups is 2. The molecule has 1 fully saturated rings. The van der Waals surface area contributed by atoms with E-state index in [1.54, 1.807) is 54.6 Å². The van der Waals surface area contributed by atoms with Crippen LogP contribution in [-0.2, 0) is 10.0 Å². The molecule has 2 amide bonds. The molecule has 3 N–H and O–H groups in total. The number of benzene rings is 3. The molecule has 3 aromatic carbocycles. The van der Waals surface area contributed by atoms with Crippen LogP contribution in [0.5, 0.6) is 11.5 Å². The Bertz CT molecular complexity index is 1460. The third-order valence-corrected chi connectivity index (χ3v) is 7.57. The third kappa shape index (κ3) is 8.95. The highest BCUT2D eigenvalue weighted by atomic mass is 32.2. The third-order valence-electron chi connectivity index (χ3n) is 7.02. The molecule has 0 aliphatic heterocycles. The topological polar surface area (TPSA) is 142 Å². The van der Waals surface area contributed by atoms with Gasteiger partial charge < -0.3 is 24.6 Å². The highest BCUT2D eigenvalue weighted by molar-refractivity contribution is 7.89. The Kier molecular flexibility index (Phi) is 10.4. The second kappa shape index (κ2) is 14.2. The lowest BCUT2D eigenvalue weighted by molar-refractivity contribution is 0.0894. The number of hydrogen-bond donors (Lipinski definition) is 3. The van der Waals surface area contributed by atoms with Gasteiger partial charge in [-0.1, -0.05) is 55.0 Å². The molecular formula is C31H36N2O8S. The molecule has 10 nitrogen and oxygen atoms in total. The van der Waals surface area contributed by atoms with E-state index in [4.69, 9.17) is 9.47 Å². The van der Waals surface area contributed by atoms with Crippen molar-refractivity contribution in [3.05, 3.63) is 83.9 Å². The van der Waals surface area contributed by atoms with Gasteiger partial charge in [-0.2, -0.15) is 0 Å². The molecule has 1 aliphatic rings. The average molecular weight is 597 g/mol. The minimum absolute atomic E-state index is 0.0475. The van der Waals surface area contributed by atoms with Gasteiger partial charge in [0, 0.05) is 0 Å². The standard InChI is InChI=1S/C31H36N2O8S/c1-42(38,39)32-30(35)27-17-14-24(20-29(27)41-26-10-6-3-7-11-26)22-12-15-25(16-13-22)40-19-18-33(31(36)37)21-28(34)23-8-4-2-5-9-23/h2,4-5,8-9,12-17,20,26,28,34H,3,6-7,10-11,18-19,21H2,1H3,(H,32,35)(H,36,37)/t28-/m0/s1. The number of carbonyl (C=O) groups excluding carboxylic acids is 1. The quantitative estimate of drug-likeness (QED) is 0.269. The van der Waals surface area contributed by atoms with Crippen LogP contribution in [0, 0.1) is 0 Å². The summed E-state index contributed by atoms with van der Waals surface area (Å²) < 4.78 is 37.3. The molecule has 0 bridgehead atoms. The number of sulfonamides is 1. The molecule has 0 aromatic heterocycles. The van der Waals surface area contributed by atoms with Crippen LogP contribution in [0.3, 0.4) is 0 Å². The van der Waals surface area contributed by atoms with Crippen LogP contribution in [-0.4, -0.2) is 67.6 Å². The molecule has 4 rings (SSSR count).